The minimum atomic E-state index is -0.338. The van der Waals surface area contributed by atoms with Crippen LogP contribution in [0.1, 0.15) is 19.1 Å². The second kappa shape index (κ2) is 7.58. The number of piperazine rings is 1. The third-order valence-corrected chi connectivity index (χ3v) is 4.61. The number of nitrogens with zero attached hydrogens (tertiary/aromatic N) is 3. The number of likely N-dealkylation sites (tertiary alicyclic amines) is 1. The van der Waals surface area contributed by atoms with Crippen molar-refractivity contribution in [1.29, 1.82) is 0 Å². The summed E-state index contributed by atoms with van der Waals surface area (Å²) < 4.78 is 10.2. The van der Waals surface area contributed by atoms with Crippen molar-refractivity contribution in [1.82, 2.24) is 14.7 Å². The molecule has 136 valence electrons. The summed E-state index contributed by atoms with van der Waals surface area (Å²) in [6.07, 6.45) is 1.47. The molecule has 8 heteroatoms. The van der Waals surface area contributed by atoms with Crippen LogP contribution in [-0.4, -0.2) is 71.9 Å². The minimum Gasteiger partial charge on any atom is -0.467 e. The second-order valence-electron chi connectivity index (χ2n) is 6.27. The van der Waals surface area contributed by atoms with Gasteiger partial charge in [-0.3, -0.25) is 9.59 Å². The first-order chi connectivity index (χ1) is 12.1. The minimum absolute atomic E-state index is 0.0150. The van der Waals surface area contributed by atoms with Gasteiger partial charge in [-0.2, -0.15) is 0 Å². The summed E-state index contributed by atoms with van der Waals surface area (Å²) in [5, 5.41) is 0. The molecule has 1 unspecified atom stereocenters. The van der Waals surface area contributed by atoms with Gasteiger partial charge in [-0.05, 0) is 19.1 Å². The Balaban J connectivity index is 1.50. The van der Waals surface area contributed by atoms with Gasteiger partial charge in [0, 0.05) is 39.1 Å². The Morgan fingerprint density at radius 3 is 2.60 bits per heavy atom. The molecule has 0 spiro atoms. The Kier molecular flexibility index (Phi) is 5.25. The summed E-state index contributed by atoms with van der Waals surface area (Å²) in [5.74, 6) is 0.347. The number of carbonyl (C=O) groups is 3. The van der Waals surface area contributed by atoms with Gasteiger partial charge in [0.2, 0.25) is 11.8 Å². The summed E-state index contributed by atoms with van der Waals surface area (Å²) >= 11 is 0. The van der Waals surface area contributed by atoms with E-state index >= 15 is 0 Å². The van der Waals surface area contributed by atoms with Crippen molar-refractivity contribution in [2.24, 2.45) is 5.92 Å². The number of hydrogen-bond acceptors (Lipinski definition) is 5. The maximum atomic E-state index is 12.7. The van der Waals surface area contributed by atoms with Crippen molar-refractivity contribution in [2.45, 2.75) is 19.9 Å². The molecule has 25 heavy (non-hydrogen) atoms. The monoisotopic (exact) mass is 349 g/mol. The van der Waals surface area contributed by atoms with Crippen LogP contribution in [0.2, 0.25) is 0 Å². The van der Waals surface area contributed by atoms with Crippen LogP contribution in [0.3, 0.4) is 0 Å². The van der Waals surface area contributed by atoms with E-state index in [0.717, 1.165) is 0 Å². The summed E-state index contributed by atoms with van der Waals surface area (Å²) in [5.41, 5.74) is 0. The van der Waals surface area contributed by atoms with E-state index in [0.29, 0.717) is 51.6 Å². The molecule has 1 aromatic rings. The number of rotatable bonds is 4. The van der Waals surface area contributed by atoms with E-state index in [2.05, 4.69) is 0 Å². The lowest BCUT2D eigenvalue weighted by atomic mass is 10.1. The van der Waals surface area contributed by atoms with Gasteiger partial charge in [0.15, 0.2) is 0 Å². The van der Waals surface area contributed by atoms with Gasteiger partial charge in [0.05, 0.1) is 25.3 Å². The maximum Gasteiger partial charge on any atom is 0.409 e. The van der Waals surface area contributed by atoms with Crippen LogP contribution in [0.5, 0.6) is 0 Å². The van der Waals surface area contributed by atoms with Gasteiger partial charge in [-0.25, -0.2) is 4.79 Å². The summed E-state index contributed by atoms with van der Waals surface area (Å²) in [7, 11) is 0. The van der Waals surface area contributed by atoms with Crippen molar-refractivity contribution >= 4 is 17.9 Å². The van der Waals surface area contributed by atoms with Crippen LogP contribution in [0.25, 0.3) is 0 Å². The Hall–Kier alpha value is -2.51. The zero-order valence-electron chi connectivity index (χ0n) is 14.3. The SMILES string of the molecule is CCOC(=O)N1CCN(C(=O)C2CC(=O)N(Cc3ccco3)C2)CC1. The van der Waals surface area contributed by atoms with Gasteiger partial charge in [-0.15, -0.1) is 0 Å². The van der Waals surface area contributed by atoms with Gasteiger partial charge in [-0.1, -0.05) is 0 Å². The zero-order valence-corrected chi connectivity index (χ0v) is 14.3. The molecular formula is C17H23N3O5. The molecule has 0 bridgehead atoms. The third-order valence-electron chi connectivity index (χ3n) is 4.61. The molecule has 1 atom stereocenters. The summed E-state index contributed by atoms with van der Waals surface area (Å²) in [6.45, 7) is 4.78. The molecule has 2 saturated heterocycles. The Morgan fingerprint density at radius 2 is 1.96 bits per heavy atom. The molecule has 1 aromatic heterocycles. The lowest BCUT2D eigenvalue weighted by Crippen LogP contribution is -2.52. The number of ether oxygens (including phenoxy) is 1. The molecule has 3 amide bonds. The Morgan fingerprint density at radius 1 is 1.24 bits per heavy atom. The molecule has 0 radical (unpaired) electrons. The van der Waals surface area contributed by atoms with Gasteiger partial charge in [0.1, 0.15) is 5.76 Å². The van der Waals surface area contributed by atoms with Crippen molar-refractivity contribution < 1.29 is 23.5 Å². The standard InChI is InChI=1S/C17H23N3O5/c1-2-24-17(23)19-7-5-18(6-8-19)16(22)13-10-15(21)20(11-13)12-14-4-3-9-25-14/h3-4,9,13H,2,5-8,10-12H2,1H3. The first-order valence-electron chi connectivity index (χ1n) is 8.59. The molecule has 8 nitrogen and oxygen atoms in total. The maximum absolute atomic E-state index is 12.7. The van der Waals surface area contributed by atoms with Crippen LogP contribution in [0.15, 0.2) is 22.8 Å². The normalized spacial score (nSPS) is 20.9. The van der Waals surface area contributed by atoms with Gasteiger partial charge >= 0.3 is 6.09 Å². The zero-order chi connectivity index (χ0) is 17.8. The Bertz CT molecular complexity index is 622. The topological polar surface area (TPSA) is 83.3 Å². The average Bonchev–Trinajstić information content (AvgIpc) is 3.25. The summed E-state index contributed by atoms with van der Waals surface area (Å²) in [4.78, 5) is 41.6. The molecule has 3 rings (SSSR count). The lowest BCUT2D eigenvalue weighted by Gasteiger charge is -2.35. The predicted octanol–water partition coefficient (Wildman–Crippen LogP) is 0.929. The molecule has 0 aromatic carbocycles. The molecule has 2 fully saturated rings. The molecule has 0 aliphatic carbocycles. The highest BCUT2D eigenvalue weighted by Gasteiger charge is 2.37. The Labute approximate surface area is 146 Å². The van der Waals surface area contributed by atoms with Gasteiger partial charge in [0.25, 0.3) is 0 Å². The van der Waals surface area contributed by atoms with Crippen LogP contribution < -0.4 is 0 Å². The number of furan rings is 1. The van der Waals surface area contributed by atoms with E-state index in [1.54, 1.807) is 34.0 Å². The van der Waals surface area contributed by atoms with Crippen molar-refractivity contribution in [3.05, 3.63) is 24.2 Å². The molecule has 2 aliphatic rings. The fourth-order valence-corrected chi connectivity index (χ4v) is 3.26. The predicted molar refractivity (Wildman–Crippen MR) is 87.4 cm³/mol. The molecule has 2 aliphatic heterocycles. The van der Waals surface area contributed by atoms with Gasteiger partial charge < -0.3 is 23.9 Å². The molecule has 0 N–H and O–H groups in total. The second-order valence-corrected chi connectivity index (χ2v) is 6.27. The van der Waals surface area contributed by atoms with E-state index in [9.17, 15) is 14.4 Å². The number of hydrogen-bond donors (Lipinski definition) is 0. The third kappa shape index (κ3) is 3.94. The van der Waals surface area contributed by atoms with Crippen LogP contribution in [0.4, 0.5) is 4.79 Å². The van der Waals surface area contributed by atoms with Crippen molar-refractivity contribution in [3.8, 4) is 0 Å². The van der Waals surface area contributed by atoms with E-state index in [1.165, 1.54) is 0 Å². The summed E-state index contributed by atoms with van der Waals surface area (Å²) in [6, 6.07) is 3.60. The smallest absolute Gasteiger partial charge is 0.409 e. The average molecular weight is 349 g/mol. The van der Waals surface area contributed by atoms with Crippen LogP contribution in [-0.2, 0) is 20.9 Å². The number of carbonyl (C=O) groups excluding carboxylic acids is 3. The fraction of sp³-hybridized carbons (Fsp3) is 0.588. The largest absolute Gasteiger partial charge is 0.467 e. The lowest BCUT2D eigenvalue weighted by molar-refractivity contribution is -0.137. The van der Waals surface area contributed by atoms with Crippen molar-refractivity contribution in [3.63, 3.8) is 0 Å². The first-order valence-corrected chi connectivity index (χ1v) is 8.59. The first kappa shape index (κ1) is 17.3. The van der Waals surface area contributed by atoms with Crippen LogP contribution >= 0.6 is 0 Å². The van der Waals surface area contributed by atoms with E-state index in [-0.39, 0.29) is 30.2 Å². The van der Waals surface area contributed by atoms with Crippen LogP contribution in [0, 0.1) is 5.92 Å². The molecule has 3 heterocycles. The molecular weight excluding hydrogens is 326 g/mol. The van der Waals surface area contributed by atoms with E-state index in [1.807, 2.05) is 6.07 Å². The highest BCUT2D eigenvalue weighted by Crippen LogP contribution is 2.23. The molecule has 0 saturated carbocycles. The number of amides is 3. The highest BCUT2D eigenvalue weighted by atomic mass is 16.6. The van der Waals surface area contributed by atoms with E-state index < -0.39 is 0 Å². The fourth-order valence-electron chi connectivity index (χ4n) is 3.26. The quantitative estimate of drug-likeness (QED) is 0.807. The van der Waals surface area contributed by atoms with E-state index in [4.69, 9.17) is 9.15 Å². The highest BCUT2D eigenvalue weighted by molar-refractivity contribution is 5.89. The van der Waals surface area contributed by atoms with Crippen molar-refractivity contribution in [2.75, 3.05) is 39.3 Å².